The van der Waals surface area contributed by atoms with Gasteiger partial charge in [-0.15, -0.1) is 0 Å². The quantitative estimate of drug-likeness (QED) is 0.182. The second kappa shape index (κ2) is 13.5. The van der Waals surface area contributed by atoms with Crippen molar-refractivity contribution in [2.45, 2.75) is 19.0 Å². The van der Waals surface area contributed by atoms with Crippen LogP contribution >= 0.6 is 0 Å². The molecule has 3 N–H and O–H groups in total. The number of nitrogens with zero attached hydrogens (tertiary/aromatic N) is 5. The molecule has 3 aromatic carbocycles. The molecule has 1 aliphatic rings. The monoisotopic (exact) mass is 664 g/mol. The summed E-state index contributed by atoms with van der Waals surface area (Å²) in [4.78, 5) is 30.7. The van der Waals surface area contributed by atoms with Gasteiger partial charge in [-0.05, 0) is 73.1 Å². The van der Waals surface area contributed by atoms with Gasteiger partial charge in [0.05, 0.1) is 19.3 Å². The largest absolute Gasteiger partial charge is 0.497 e. The molecule has 248 valence electrons. The first-order chi connectivity index (χ1) is 23.9. The minimum Gasteiger partial charge on any atom is -0.497 e. The number of amides is 1. The van der Waals surface area contributed by atoms with Crippen LogP contribution < -0.4 is 31.0 Å². The molecular formula is C35H30F2N8O4. The van der Waals surface area contributed by atoms with E-state index in [0.29, 0.717) is 29.1 Å². The average Bonchev–Trinajstić information content (AvgIpc) is 3.75. The smallest absolute Gasteiger partial charge is 0.284 e. The van der Waals surface area contributed by atoms with Gasteiger partial charge < -0.3 is 25.4 Å². The van der Waals surface area contributed by atoms with Crippen LogP contribution in [0.25, 0.3) is 16.7 Å². The molecule has 6 aromatic rings. The molecule has 1 fully saturated rings. The minimum absolute atomic E-state index is 0.0931. The van der Waals surface area contributed by atoms with E-state index in [1.807, 2.05) is 24.3 Å². The van der Waals surface area contributed by atoms with Crippen molar-refractivity contribution < 1.29 is 23.0 Å². The van der Waals surface area contributed by atoms with Gasteiger partial charge in [-0.2, -0.15) is 14.9 Å². The first kappa shape index (κ1) is 31.4. The van der Waals surface area contributed by atoms with E-state index in [0.717, 1.165) is 41.6 Å². The highest BCUT2D eigenvalue weighted by atomic mass is 19.1. The van der Waals surface area contributed by atoms with Gasteiger partial charge in [-0.3, -0.25) is 9.59 Å². The number of pyridine rings is 1. The zero-order valence-corrected chi connectivity index (χ0v) is 26.2. The van der Waals surface area contributed by atoms with Gasteiger partial charge in [0.15, 0.2) is 23.0 Å². The Morgan fingerprint density at radius 3 is 2.55 bits per heavy atom. The van der Waals surface area contributed by atoms with Crippen LogP contribution in [0.15, 0.2) is 96.1 Å². The number of aromatic nitrogens is 5. The van der Waals surface area contributed by atoms with E-state index in [1.54, 1.807) is 24.1 Å². The number of rotatable bonds is 10. The van der Waals surface area contributed by atoms with E-state index in [1.165, 1.54) is 48.7 Å². The lowest BCUT2D eigenvalue weighted by molar-refractivity contribution is 0.102. The number of anilines is 2. The maximum absolute atomic E-state index is 15.5. The Morgan fingerprint density at radius 1 is 1.00 bits per heavy atom. The van der Waals surface area contributed by atoms with Crippen LogP contribution in [0.1, 0.15) is 22.3 Å². The summed E-state index contributed by atoms with van der Waals surface area (Å²) in [6, 6.07) is 19.7. The molecule has 14 heteroatoms. The Hall–Kier alpha value is -6.15. The van der Waals surface area contributed by atoms with Crippen molar-refractivity contribution in [1.29, 1.82) is 0 Å². The van der Waals surface area contributed by atoms with Crippen molar-refractivity contribution in [2.75, 3.05) is 30.8 Å². The number of nitrogens with one attached hydrogen (secondary N) is 3. The zero-order chi connectivity index (χ0) is 33.9. The first-order valence-electron chi connectivity index (χ1n) is 15.4. The number of hydrogen-bond donors (Lipinski definition) is 3. The number of benzene rings is 3. The minimum atomic E-state index is -0.770. The summed E-state index contributed by atoms with van der Waals surface area (Å²) in [5.74, 6) is -0.443. The van der Waals surface area contributed by atoms with Crippen LogP contribution in [-0.4, -0.2) is 56.7 Å². The van der Waals surface area contributed by atoms with Gasteiger partial charge in [0.2, 0.25) is 0 Å². The number of hydrogen-bond acceptors (Lipinski definition) is 9. The average molecular weight is 665 g/mol. The van der Waals surface area contributed by atoms with Crippen LogP contribution in [0.3, 0.4) is 0 Å². The van der Waals surface area contributed by atoms with Gasteiger partial charge in [-0.25, -0.2) is 18.4 Å². The number of fused-ring (bicyclic) bond motifs is 1. The molecule has 1 atom stereocenters. The summed E-state index contributed by atoms with van der Waals surface area (Å²) in [6.45, 7) is 2.07. The Bertz CT molecular complexity index is 2200. The van der Waals surface area contributed by atoms with E-state index in [9.17, 15) is 14.0 Å². The molecule has 1 aliphatic heterocycles. The van der Waals surface area contributed by atoms with E-state index >= 15 is 4.39 Å². The summed E-state index contributed by atoms with van der Waals surface area (Å²) in [6.07, 6.45) is 3.76. The second-order valence-electron chi connectivity index (χ2n) is 11.3. The molecule has 4 heterocycles. The third-order valence-corrected chi connectivity index (χ3v) is 8.06. The standard InChI is InChI=1S/C35H30F2N8O4/c1-48-26-9-2-21(3-10-26)20-44-33-31(32(43-44)41-24-12-15-38-19-24)30(14-16-39-33)49-29-11-6-23(18-28(29)37)42-34(46)27-13-17-40-45(35(27)47)25-7-4-22(36)5-8-25/h2-11,13-14,16-18,24,38H,12,15,19-20H2,1H3,(H,41,43)(H,42,46). The number of methoxy groups -OCH3 is 1. The molecule has 3 aromatic heterocycles. The summed E-state index contributed by atoms with van der Waals surface area (Å²) in [5.41, 5.74) is 0.959. The lowest BCUT2D eigenvalue weighted by Gasteiger charge is -2.13. The first-order valence-corrected chi connectivity index (χ1v) is 15.4. The molecule has 0 bridgehead atoms. The number of carbonyl (C=O) groups excluding carboxylic acids is 1. The molecule has 1 saturated heterocycles. The normalized spacial score (nSPS) is 14.1. The lowest BCUT2D eigenvalue weighted by atomic mass is 10.2. The van der Waals surface area contributed by atoms with E-state index < -0.39 is 23.1 Å². The summed E-state index contributed by atoms with van der Waals surface area (Å²) < 4.78 is 43.0. The van der Waals surface area contributed by atoms with E-state index in [2.05, 4.69) is 26.0 Å². The van der Waals surface area contributed by atoms with Crippen LogP contribution in [0.5, 0.6) is 17.2 Å². The third kappa shape index (κ3) is 6.67. The Balaban J connectivity index is 1.14. The van der Waals surface area contributed by atoms with Crippen molar-refractivity contribution in [2.24, 2.45) is 0 Å². The van der Waals surface area contributed by atoms with Gasteiger partial charge in [0, 0.05) is 42.8 Å². The van der Waals surface area contributed by atoms with Crippen LogP contribution in [-0.2, 0) is 6.54 Å². The Morgan fingerprint density at radius 2 is 1.82 bits per heavy atom. The molecule has 7 rings (SSSR count). The van der Waals surface area contributed by atoms with Crippen LogP contribution in [0.2, 0.25) is 0 Å². The molecule has 49 heavy (non-hydrogen) atoms. The number of carbonyl (C=O) groups is 1. The van der Waals surface area contributed by atoms with Crippen LogP contribution in [0.4, 0.5) is 20.3 Å². The van der Waals surface area contributed by atoms with Gasteiger partial charge >= 0.3 is 0 Å². The fourth-order valence-corrected chi connectivity index (χ4v) is 5.57. The van der Waals surface area contributed by atoms with Crippen molar-refractivity contribution in [3.05, 3.63) is 124 Å². The molecule has 0 radical (unpaired) electrons. The predicted octanol–water partition coefficient (Wildman–Crippen LogP) is 5.13. The molecule has 1 unspecified atom stereocenters. The summed E-state index contributed by atoms with van der Waals surface area (Å²) >= 11 is 0. The number of halogens is 2. The SMILES string of the molecule is COc1ccc(Cn2nc(NC3CCNC3)c3c(Oc4ccc(NC(=O)c5ccnn(-c6ccc(F)cc6)c5=O)cc4F)ccnc32)cc1. The fourth-order valence-electron chi connectivity index (χ4n) is 5.57. The van der Waals surface area contributed by atoms with Crippen LogP contribution in [0, 0.1) is 11.6 Å². The molecule has 0 spiro atoms. The fraction of sp³-hybridized carbons (Fsp3) is 0.171. The van der Waals surface area contributed by atoms with Gasteiger partial charge in [0.1, 0.15) is 28.3 Å². The maximum Gasteiger partial charge on any atom is 0.284 e. The van der Waals surface area contributed by atoms with Gasteiger partial charge in [0.25, 0.3) is 11.5 Å². The third-order valence-electron chi connectivity index (χ3n) is 8.06. The predicted molar refractivity (Wildman–Crippen MR) is 179 cm³/mol. The van der Waals surface area contributed by atoms with Crippen molar-refractivity contribution in [1.82, 2.24) is 29.9 Å². The molecule has 1 amide bonds. The topological polar surface area (TPSA) is 137 Å². The van der Waals surface area contributed by atoms with Crippen molar-refractivity contribution in [3.63, 3.8) is 0 Å². The molecule has 0 saturated carbocycles. The van der Waals surface area contributed by atoms with E-state index in [-0.39, 0.29) is 28.7 Å². The van der Waals surface area contributed by atoms with Crippen molar-refractivity contribution >= 4 is 28.4 Å². The highest BCUT2D eigenvalue weighted by Gasteiger charge is 2.23. The zero-order valence-electron chi connectivity index (χ0n) is 26.2. The van der Waals surface area contributed by atoms with Gasteiger partial charge in [-0.1, -0.05) is 12.1 Å². The van der Waals surface area contributed by atoms with E-state index in [4.69, 9.17) is 14.6 Å². The Labute approximate surface area is 278 Å². The van der Waals surface area contributed by atoms with Crippen molar-refractivity contribution in [3.8, 4) is 22.9 Å². The second-order valence-corrected chi connectivity index (χ2v) is 11.3. The molecular weight excluding hydrogens is 634 g/mol. The summed E-state index contributed by atoms with van der Waals surface area (Å²) in [7, 11) is 1.61. The highest BCUT2D eigenvalue weighted by molar-refractivity contribution is 6.04. The highest BCUT2D eigenvalue weighted by Crippen LogP contribution is 2.36. The lowest BCUT2D eigenvalue weighted by Crippen LogP contribution is -2.29. The summed E-state index contributed by atoms with van der Waals surface area (Å²) in [5, 5.41) is 18.8. The molecule has 12 nitrogen and oxygen atoms in total. The number of ether oxygens (including phenoxy) is 2. The Kier molecular flexibility index (Phi) is 8.68. The maximum atomic E-state index is 15.5. The molecule has 0 aliphatic carbocycles.